The molecule has 0 saturated carbocycles. The van der Waals surface area contributed by atoms with Crippen molar-refractivity contribution in [3.05, 3.63) is 58.6 Å². The van der Waals surface area contributed by atoms with Gasteiger partial charge in [-0.05, 0) is 31.2 Å². The Labute approximate surface area is 114 Å². The van der Waals surface area contributed by atoms with Crippen molar-refractivity contribution in [2.75, 3.05) is 5.32 Å². The maximum absolute atomic E-state index is 13.7. The van der Waals surface area contributed by atoms with Crippen LogP contribution in [-0.2, 0) is 0 Å². The van der Waals surface area contributed by atoms with Gasteiger partial charge in [0.05, 0.1) is 16.8 Å². The second-order valence-electron chi connectivity index (χ2n) is 4.20. The van der Waals surface area contributed by atoms with Crippen LogP contribution in [0.5, 0.6) is 5.75 Å². The van der Waals surface area contributed by atoms with Crippen molar-refractivity contribution in [2.24, 2.45) is 0 Å². The Balaban J connectivity index is 2.23. The molecule has 2 N–H and O–H groups in total. The van der Waals surface area contributed by atoms with Crippen molar-refractivity contribution in [2.45, 2.75) is 13.0 Å². The molecule has 2 aromatic carbocycles. The number of anilines is 1. The number of phenolic OH excluding ortho intramolecular Hbond substituents is 1. The van der Waals surface area contributed by atoms with Gasteiger partial charge in [-0.3, -0.25) is 0 Å². The molecule has 0 amide bonds. The van der Waals surface area contributed by atoms with Crippen molar-refractivity contribution in [3.63, 3.8) is 0 Å². The summed E-state index contributed by atoms with van der Waals surface area (Å²) in [5, 5.41) is 12.4. The predicted octanol–water partition coefficient (Wildman–Crippen LogP) is 4.50. The number of rotatable bonds is 3. The van der Waals surface area contributed by atoms with Crippen LogP contribution in [0.25, 0.3) is 0 Å². The summed E-state index contributed by atoms with van der Waals surface area (Å²) in [6.45, 7) is 1.75. The molecule has 1 atom stereocenters. The van der Waals surface area contributed by atoms with Gasteiger partial charge in [0, 0.05) is 11.6 Å². The molecular formula is C14H12ClF2NO. The summed E-state index contributed by atoms with van der Waals surface area (Å²) in [7, 11) is 0. The van der Waals surface area contributed by atoms with E-state index < -0.39 is 11.6 Å². The minimum Gasteiger partial charge on any atom is -0.508 e. The lowest BCUT2D eigenvalue weighted by Gasteiger charge is -2.17. The van der Waals surface area contributed by atoms with Gasteiger partial charge in [-0.1, -0.05) is 17.7 Å². The van der Waals surface area contributed by atoms with Gasteiger partial charge in [-0.15, -0.1) is 0 Å². The zero-order valence-electron chi connectivity index (χ0n) is 10.1. The van der Waals surface area contributed by atoms with Crippen LogP contribution >= 0.6 is 11.6 Å². The molecular weight excluding hydrogens is 272 g/mol. The number of hydrogen-bond acceptors (Lipinski definition) is 2. The Morgan fingerprint density at radius 1 is 1.16 bits per heavy atom. The molecule has 100 valence electrons. The van der Waals surface area contributed by atoms with Gasteiger partial charge in [-0.25, -0.2) is 8.78 Å². The SMILES string of the molecule is CC(Nc1ccc(F)cc1Cl)c1ccc(O)cc1F. The molecule has 0 bridgehead atoms. The van der Waals surface area contributed by atoms with Crippen LogP contribution in [0.4, 0.5) is 14.5 Å². The van der Waals surface area contributed by atoms with Gasteiger partial charge in [0.2, 0.25) is 0 Å². The molecule has 0 heterocycles. The first-order valence-corrected chi connectivity index (χ1v) is 6.05. The van der Waals surface area contributed by atoms with Gasteiger partial charge in [0.25, 0.3) is 0 Å². The number of hydrogen-bond donors (Lipinski definition) is 2. The highest BCUT2D eigenvalue weighted by molar-refractivity contribution is 6.33. The smallest absolute Gasteiger partial charge is 0.132 e. The van der Waals surface area contributed by atoms with E-state index in [9.17, 15) is 8.78 Å². The van der Waals surface area contributed by atoms with Crippen molar-refractivity contribution in [3.8, 4) is 5.75 Å². The van der Waals surface area contributed by atoms with Gasteiger partial charge >= 0.3 is 0 Å². The van der Waals surface area contributed by atoms with Gasteiger partial charge < -0.3 is 10.4 Å². The minimum absolute atomic E-state index is 0.131. The second kappa shape index (κ2) is 5.45. The quantitative estimate of drug-likeness (QED) is 0.869. The third kappa shape index (κ3) is 3.15. The summed E-state index contributed by atoms with van der Waals surface area (Å²) in [5.41, 5.74) is 0.904. The molecule has 0 aromatic heterocycles. The standard InChI is InChI=1S/C14H12ClF2NO/c1-8(11-4-3-10(19)7-13(11)17)18-14-5-2-9(16)6-12(14)15/h2-8,18-19H,1H3. The minimum atomic E-state index is -0.516. The number of nitrogens with one attached hydrogen (secondary N) is 1. The third-order valence-corrected chi connectivity index (χ3v) is 3.07. The highest BCUT2D eigenvalue weighted by Gasteiger charge is 2.13. The van der Waals surface area contributed by atoms with Crippen LogP contribution in [-0.4, -0.2) is 5.11 Å². The van der Waals surface area contributed by atoms with Crippen LogP contribution in [0.3, 0.4) is 0 Å². The molecule has 0 spiro atoms. The van der Waals surface area contributed by atoms with E-state index in [0.717, 1.165) is 6.07 Å². The zero-order valence-corrected chi connectivity index (χ0v) is 10.9. The van der Waals surface area contributed by atoms with Crippen LogP contribution in [0.1, 0.15) is 18.5 Å². The van der Waals surface area contributed by atoms with E-state index in [-0.39, 0.29) is 16.8 Å². The van der Waals surface area contributed by atoms with Crippen molar-refractivity contribution in [1.82, 2.24) is 0 Å². The van der Waals surface area contributed by atoms with Crippen molar-refractivity contribution >= 4 is 17.3 Å². The van der Waals surface area contributed by atoms with Crippen molar-refractivity contribution in [1.29, 1.82) is 0 Å². The molecule has 1 unspecified atom stereocenters. The summed E-state index contributed by atoms with van der Waals surface area (Å²) < 4.78 is 26.6. The first kappa shape index (κ1) is 13.6. The lowest BCUT2D eigenvalue weighted by atomic mass is 10.1. The Kier molecular flexibility index (Phi) is 3.90. The maximum Gasteiger partial charge on any atom is 0.132 e. The molecule has 2 rings (SSSR count). The van der Waals surface area contributed by atoms with E-state index in [1.807, 2.05) is 0 Å². The van der Waals surface area contributed by atoms with Gasteiger partial charge in [0.1, 0.15) is 17.4 Å². The van der Waals surface area contributed by atoms with Crippen LogP contribution in [0, 0.1) is 11.6 Å². The van der Waals surface area contributed by atoms with E-state index in [0.29, 0.717) is 11.3 Å². The fourth-order valence-electron chi connectivity index (χ4n) is 1.78. The molecule has 0 aliphatic carbocycles. The van der Waals surface area contributed by atoms with E-state index in [2.05, 4.69) is 5.32 Å². The average Bonchev–Trinajstić information content (AvgIpc) is 2.32. The Morgan fingerprint density at radius 3 is 2.53 bits per heavy atom. The van der Waals surface area contributed by atoms with Crippen LogP contribution < -0.4 is 5.32 Å². The Morgan fingerprint density at radius 2 is 1.89 bits per heavy atom. The van der Waals surface area contributed by atoms with E-state index in [1.165, 1.54) is 30.3 Å². The lowest BCUT2D eigenvalue weighted by molar-refractivity contribution is 0.467. The molecule has 2 nitrogen and oxygen atoms in total. The zero-order chi connectivity index (χ0) is 14.0. The molecule has 0 fully saturated rings. The maximum atomic E-state index is 13.7. The number of aromatic hydroxyl groups is 1. The van der Waals surface area contributed by atoms with E-state index >= 15 is 0 Å². The first-order chi connectivity index (χ1) is 8.97. The molecule has 0 aliphatic rings. The summed E-state index contributed by atoms with van der Waals surface area (Å²) >= 11 is 5.89. The largest absolute Gasteiger partial charge is 0.508 e. The molecule has 0 aliphatic heterocycles. The number of halogens is 3. The summed E-state index contributed by atoms with van der Waals surface area (Å²) in [4.78, 5) is 0. The van der Waals surface area contributed by atoms with E-state index in [1.54, 1.807) is 6.92 Å². The summed E-state index contributed by atoms with van der Waals surface area (Å²) in [6.07, 6.45) is 0. The monoisotopic (exact) mass is 283 g/mol. The normalized spacial score (nSPS) is 12.2. The molecule has 0 saturated heterocycles. The lowest BCUT2D eigenvalue weighted by Crippen LogP contribution is -2.09. The highest BCUT2D eigenvalue weighted by Crippen LogP contribution is 2.28. The Hall–Kier alpha value is -1.81. The molecule has 2 aromatic rings. The molecule has 19 heavy (non-hydrogen) atoms. The third-order valence-electron chi connectivity index (χ3n) is 2.75. The number of benzene rings is 2. The predicted molar refractivity (Wildman–Crippen MR) is 71.5 cm³/mol. The average molecular weight is 284 g/mol. The van der Waals surface area contributed by atoms with Crippen molar-refractivity contribution < 1.29 is 13.9 Å². The topological polar surface area (TPSA) is 32.3 Å². The van der Waals surface area contributed by atoms with Gasteiger partial charge in [0.15, 0.2) is 0 Å². The second-order valence-corrected chi connectivity index (χ2v) is 4.60. The fraction of sp³-hybridized carbons (Fsp3) is 0.143. The molecule has 0 radical (unpaired) electrons. The fourth-order valence-corrected chi connectivity index (χ4v) is 2.01. The van der Waals surface area contributed by atoms with Gasteiger partial charge in [-0.2, -0.15) is 0 Å². The summed E-state index contributed by atoms with van der Waals surface area (Å²) in [6, 6.07) is 7.51. The Bertz CT molecular complexity index is 604. The molecule has 5 heteroatoms. The van der Waals surface area contributed by atoms with Crippen LogP contribution in [0.2, 0.25) is 5.02 Å². The summed E-state index contributed by atoms with van der Waals surface area (Å²) in [5.74, 6) is -1.08. The van der Waals surface area contributed by atoms with E-state index in [4.69, 9.17) is 16.7 Å². The number of phenols is 1. The van der Waals surface area contributed by atoms with Crippen LogP contribution in [0.15, 0.2) is 36.4 Å². The highest BCUT2D eigenvalue weighted by atomic mass is 35.5. The first-order valence-electron chi connectivity index (χ1n) is 5.67.